The van der Waals surface area contributed by atoms with Gasteiger partial charge in [-0.1, -0.05) is 6.42 Å². The smallest absolute Gasteiger partial charge is 0.255 e. The van der Waals surface area contributed by atoms with Gasteiger partial charge in [0.25, 0.3) is 5.56 Å². The molecule has 0 amide bonds. The minimum Gasteiger partial charge on any atom is -0.309 e. The molecule has 1 atom stereocenters. The Hall–Kier alpha value is -2.10. The summed E-state index contributed by atoms with van der Waals surface area (Å²) >= 11 is 0. The lowest BCUT2D eigenvalue weighted by Gasteiger charge is -2.35. The largest absolute Gasteiger partial charge is 0.309 e. The van der Waals surface area contributed by atoms with Gasteiger partial charge in [-0.3, -0.25) is 9.69 Å². The highest BCUT2D eigenvalue weighted by molar-refractivity contribution is 7.89. The highest BCUT2D eigenvalue weighted by Gasteiger charge is 2.37. The first-order chi connectivity index (χ1) is 14.7. The van der Waals surface area contributed by atoms with Gasteiger partial charge in [-0.25, -0.2) is 17.8 Å². The first kappa shape index (κ1) is 22.1. The number of nitrogens with zero attached hydrogens (tertiary/aromatic N) is 3. The number of aromatic nitrogens is 2. The molecule has 7 nitrogen and oxygen atoms in total. The summed E-state index contributed by atoms with van der Waals surface area (Å²) in [7, 11) is -3.86. The van der Waals surface area contributed by atoms with Gasteiger partial charge in [0, 0.05) is 32.1 Å². The Morgan fingerprint density at radius 1 is 1.23 bits per heavy atom. The lowest BCUT2D eigenvalue weighted by molar-refractivity contribution is 0.198. The minimum absolute atomic E-state index is 0.0613. The van der Waals surface area contributed by atoms with Crippen LogP contribution >= 0.6 is 0 Å². The number of sulfonamides is 1. The molecule has 168 valence electrons. The van der Waals surface area contributed by atoms with E-state index in [1.54, 1.807) is 6.92 Å². The quantitative estimate of drug-likeness (QED) is 0.777. The first-order valence-corrected chi connectivity index (χ1v) is 12.3. The topological polar surface area (TPSA) is 86.4 Å². The molecule has 3 heterocycles. The molecular formula is C22H29FN4O3S. The first-order valence-electron chi connectivity index (χ1n) is 10.8. The molecule has 1 saturated heterocycles. The van der Waals surface area contributed by atoms with Gasteiger partial charge >= 0.3 is 0 Å². The van der Waals surface area contributed by atoms with Gasteiger partial charge in [0.05, 0.1) is 22.2 Å². The van der Waals surface area contributed by atoms with Gasteiger partial charge in [0.1, 0.15) is 11.6 Å². The molecule has 31 heavy (non-hydrogen) atoms. The van der Waals surface area contributed by atoms with Gasteiger partial charge in [-0.2, -0.15) is 4.31 Å². The molecule has 0 bridgehead atoms. The number of aromatic amines is 1. The van der Waals surface area contributed by atoms with Crippen LogP contribution in [0.2, 0.25) is 0 Å². The zero-order valence-electron chi connectivity index (χ0n) is 18.2. The predicted molar refractivity (Wildman–Crippen MR) is 116 cm³/mol. The van der Waals surface area contributed by atoms with Crippen molar-refractivity contribution in [3.05, 3.63) is 57.0 Å². The van der Waals surface area contributed by atoms with E-state index < -0.39 is 21.9 Å². The third kappa shape index (κ3) is 4.18. The Morgan fingerprint density at radius 3 is 2.71 bits per heavy atom. The molecule has 1 aromatic heterocycles. The molecule has 2 aliphatic rings. The normalized spacial score (nSPS) is 20.7. The van der Waals surface area contributed by atoms with E-state index >= 15 is 0 Å². The van der Waals surface area contributed by atoms with Gasteiger partial charge < -0.3 is 4.98 Å². The summed E-state index contributed by atoms with van der Waals surface area (Å²) < 4.78 is 41.9. The Bertz CT molecular complexity index is 1150. The second kappa shape index (κ2) is 8.44. The van der Waals surface area contributed by atoms with E-state index in [9.17, 15) is 17.6 Å². The average Bonchev–Trinajstić information content (AvgIpc) is 2.75. The zero-order valence-corrected chi connectivity index (χ0v) is 19.0. The summed E-state index contributed by atoms with van der Waals surface area (Å²) in [5.41, 5.74) is 1.52. The monoisotopic (exact) mass is 448 g/mol. The molecule has 0 aliphatic carbocycles. The van der Waals surface area contributed by atoms with Crippen molar-refractivity contribution < 1.29 is 12.8 Å². The van der Waals surface area contributed by atoms with E-state index in [0.717, 1.165) is 25.1 Å². The van der Waals surface area contributed by atoms with Crippen molar-refractivity contribution in [2.45, 2.75) is 70.0 Å². The molecule has 1 aromatic carbocycles. The molecule has 1 fully saturated rings. The number of hydrogen-bond donors (Lipinski definition) is 1. The molecule has 2 aromatic rings. The van der Waals surface area contributed by atoms with Gasteiger partial charge in [0.15, 0.2) is 0 Å². The molecule has 9 heteroatoms. The van der Waals surface area contributed by atoms with Gasteiger partial charge in [-0.15, -0.1) is 0 Å². The number of nitrogens with one attached hydrogen (secondary N) is 1. The van der Waals surface area contributed by atoms with Crippen LogP contribution < -0.4 is 5.56 Å². The molecule has 0 radical (unpaired) electrons. The van der Waals surface area contributed by atoms with E-state index in [1.807, 2.05) is 0 Å². The van der Waals surface area contributed by atoms with E-state index in [-0.39, 0.29) is 16.0 Å². The fourth-order valence-electron chi connectivity index (χ4n) is 4.44. The highest BCUT2D eigenvalue weighted by atomic mass is 32.2. The fraction of sp³-hybridized carbons (Fsp3) is 0.545. The van der Waals surface area contributed by atoms with E-state index in [0.29, 0.717) is 43.4 Å². The molecule has 4 rings (SSSR count). The van der Waals surface area contributed by atoms with E-state index in [2.05, 4.69) is 23.7 Å². The summed E-state index contributed by atoms with van der Waals surface area (Å²) in [6, 6.07) is 3.64. The number of halogens is 1. The Labute approximate surface area is 182 Å². The number of fused-ring (bicyclic) bond motifs is 1. The summed E-state index contributed by atoms with van der Waals surface area (Å²) in [6.07, 6.45) is 2.83. The van der Waals surface area contributed by atoms with Crippen molar-refractivity contribution in [2.24, 2.45) is 0 Å². The number of aryl methyl sites for hydroxylation is 1. The maximum Gasteiger partial charge on any atom is 0.255 e. The third-order valence-electron chi connectivity index (χ3n) is 6.35. The Kier molecular flexibility index (Phi) is 6.02. The molecule has 0 spiro atoms. The number of piperidine rings is 1. The summed E-state index contributed by atoms with van der Waals surface area (Å²) in [5.74, 6) is -0.0332. The lowest BCUT2D eigenvalue weighted by atomic mass is 10.0. The third-order valence-corrected chi connectivity index (χ3v) is 8.26. The second-order valence-electron chi connectivity index (χ2n) is 8.73. The second-order valence-corrected chi connectivity index (χ2v) is 10.6. The summed E-state index contributed by atoms with van der Waals surface area (Å²) in [6.45, 7) is 7.46. The summed E-state index contributed by atoms with van der Waals surface area (Å²) in [4.78, 5) is 22.8. The van der Waals surface area contributed by atoms with Gasteiger partial charge in [0.2, 0.25) is 10.0 Å². The maximum absolute atomic E-state index is 13.7. The van der Waals surface area contributed by atoms with Crippen LogP contribution in [0.4, 0.5) is 4.39 Å². The number of benzene rings is 1. The molecule has 2 aliphatic heterocycles. The van der Waals surface area contributed by atoms with Crippen molar-refractivity contribution in [3.63, 3.8) is 0 Å². The number of H-pyrrole nitrogens is 1. The van der Waals surface area contributed by atoms with Crippen molar-refractivity contribution in [1.29, 1.82) is 0 Å². The van der Waals surface area contributed by atoms with Crippen LogP contribution in [-0.4, -0.2) is 46.7 Å². The van der Waals surface area contributed by atoms with Crippen LogP contribution in [0.25, 0.3) is 0 Å². The molecule has 1 N–H and O–H groups in total. The average molecular weight is 449 g/mol. The maximum atomic E-state index is 13.7. The molecular weight excluding hydrogens is 419 g/mol. The number of rotatable bonds is 4. The number of hydrogen-bond acceptors (Lipinski definition) is 5. The standard InChI is InChI=1S/C22H29FN4O3S/c1-14(2)26-11-9-19-17(13-26)22(28)25-21(24-19)20-6-4-5-10-27(20)31(29,30)16-7-8-18(23)15(3)12-16/h7-8,12,14,20H,4-6,9-11,13H2,1-3H3,(H,24,25,28). The Balaban J connectivity index is 1.71. The van der Waals surface area contributed by atoms with Crippen LogP contribution in [0.15, 0.2) is 27.9 Å². The SMILES string of the molecule is Cc1cc(S(=O)(=O)N2CCCCC2c2nc3c(c(=O)[nH]2)CN(C(C)C)CC3)ccc1F. The van der Waals surface area contributed by atoms with Crippen LogP contribution in [0.3, 0.4) is 0 Å². The van der Waals surface area contributed by atoms with Crippen LogP contribution in [0, 0.1) is 12.7 Å². The van der Waals surface area contributed by atoms with Crippen LogP contribution in [-0.2, 0) is 23.0 Å². The predicted octanol–water partition coefficient (Wildman–Crippen LogP) is 2.90. The van der Waals surface area contributed by atoms with Crippen LogP contribution in [0.1, 0.15) is 61.8 Å². The Morgan fingerprint density at radius 2 is 2.00 bits per heavy atom. The van der Waals surface area contributed by atoms with Crippen molar-refractivity contribution >= 4 is 10.0 Å². The minimum atomic E-state index is -3.86. The molecule has 1 unspecified atom stereocenters. The van der Waals surface area contributed by atoms with Crippen molar-refractivity contribution in [3.8, 4) is 0 Å². The van der Waals surface area contributed by atoms with Gasteiger partial charge in [-0.05, 0) is 57.4 Å². The van der Waals surface area contributed by atoms with Crippen molar-refractivity contribution in [2.75, 3.05) is 13.1 Å². The fourth-order valence-corrected chi connectivity index (χ4v) is 6.19. The summed E-state index contributed by atoms with van der Waals surface area (Å²) in [5, 5.41) is 0. The molecule has 0 saturated carbocycles. The van der Waals surface area contributed by atoms with Crippen LogP contribution in [0.5, 0.6) is 0 Å². The van der Waals surface area contributed by atoms with E-state index in [1.165, 1.54) is 22.5 Å². The van der Waals surface area contributed by atoms with Crippen molar-refractivity contribution in [1.82, 2.24) is 19.2 Å². The lowest BCUT2D eigenvalue weighted by Crippen LogP contribution is -2.42. The van der Waals surface area contributed by atoms with E-state index in [4.69, 9.17) is 4.98 Å². The highest BCUT2D eigenvalue weighted by Crippen LogP contribution is 2.34. The zero-order chi connectivity index (χ0) is 22.3.